The van der Waals surface area contributed by atoms with Crippen LogP contribution in [0.5, 0.6) is 5.75 Å². The molecule has 0 aliphatic carbocycles. The maximum atomic E-state index is 11.1. The highest BCUT2D eigenvalue weighted by atomic mass is 35.5. The van der Waals surface area contributed by atoms with Crippen LogP contribution in [0.15, 0.2) is 30.3 Å². The zero-order chi connectivity index (χ0) is 10.4. The highest BCUT2D eigenvalue weighted by Gasteiger charge is 2.19. The third-order valence-corrected chi connectivity index (χ3v) is 1.88. The summed E-state index contributed by atoms with van der Waals surface area (Å²) in [6, 6.07) is 9.06. The van der Waals surface area contributed by atoms with Crippen LogP contribution in [0, 0.1) is 0 Å². The van der Waals surface area contributed by atoms with Crippen molar-refractivity contribution in [2.45, 2.75) is 19.4 Å². The average Bonchev–Trinajstić information content (AvgIpc) is 2.26. The van der Waals surface area contributed by atoms with Crippen LogP contribution in [0.2, 0.25) is 0 Å². The van der Waals surface area contributed by atoms with Gasteiger partial charge in [-0.1, -0.05) is 25.1 Å². The van der Waals surface area contributed by atoms with Gasteiger partial charge in [0.25, 0.3) is 0 Å². The quantitative estimate of drug-likeness (QED) is 0.773. The molecule has 76 valence electrons. The Morgan fingerprint density at radius 3 is 2.57 bits per heavy atom. The van der Waals surface area contributed by atoms with E-state index in [-0.39, 0.29) is 0 Å². The Kier molecular flexibility index (Phi) is 4.26. The number of rotatable bonds is 4. The van der Waals surface area contributed by atoms with E-state index in [0.29, 0.717) is 12.2 Å². The smallest absolute Gasteiger partial charge is 0.365 e. The summed E-state index contributed by atoms with van der Waals surface area (Å²) in [6.45, 7) is 1.82. The van der Waals surface area contributed by atoms with Gasteiger partial charge in [0.2, 0.25) is 0 Å². The van der Waals surface area contributed by atoms with Gasteiger partial charge in [0.15, 0.2) is 6.10 Å². The van der Waals surface area contributed by atoms with E-state index in [0.717, 1.165) is 0 Å². The molecule has 0 fully saturated rings. The van der Waals surface area contributed by atoms with E-state index in [1.165, 1.54) is 0 Å². The summed E-state index contributed by atoms with van der Waals surface area (Å²) in [5.41, 5.74) is 0. The van der Waals surface area contributed by atoms with Gasteiger partial charge in [0.05, 0.1) is 0 Å². The molecule has 1 atom stereocenters. The first-order valence-corrected chi connectivity index (χ1v) is 4.63. The van der Waals surface area contributed by atoms with Crippen molar-refractivity contribution in [3.05, 3.63) is 30.3 Å². The van der Waals surface area contributed by atoms with Crippen molar-refractivity contribution in [2.24, 2.45) is 0 Å². The summed E-state index contributed by atoms with van der Waals surface area (Å²) in [4.78, 5) is 11.1. The number of carbonyl (C=O) groups is 1. The lowest BCUT2D eigenvalue weighted by Gasteiger charge is -2.13. The van der Waals surface area contributed by atoms with E-state index >= 15 is 0 Å². The van der Waals surface area contributed by atoms with Crippen molar-refractivity contribution in [1.29, 1.82) is 0 Å². The number of halogens is 1. The summed E-state index contributed by atoms with van der Waals surface area (Å²) in [5.74, 6) is 0.0550. The third-order valence-electron chi connectivity index (χ3n) is 1.73. The van der Waals surface area contributed by atoms with Crippen molar-refractivity contribution in [2.75, 3.05) is 0 Å². The van der Waals surface area contributed by atoms with E-state index in [1.807, 2.05) is 25.1 Å². The summed E-state index contributed by atoms with van der Waals surface area (Å²) in [5, 5.41) is 0. The number of hydrogen-bond donors (Lipinski definition) is 0. The van der Waals surface area contributed by atoms with E-state index in [2.05, 4.69) is 4.29 Å². The lowest BCUT2D eigenvalue weighted by molar-refractivity contribution is -0.141. The highest BCUT2D eigenvalue weighted by molar-refractivity contribution is 6.13. The van der Waals surface area contributed by atoms with E-state index in [1.54, 1.807) is 12.1 Å². The molecule has 0 aliphatic rings. The summed E-state index contributed by atoms with van der Waals surface area (Å²) >= 11 is 4.96. The van der Waals surface area contributed by atoms with E-state index in [4.69, 9.17) is 16.6 Å². The molecule has 0 radical (unpaired) electrons. The van der Waals surface area contributed by atoms with Gasteiger partial charge in [-0.15, -0.1) is 0 Å². The highest BCUT2D eigenvalue weighted by Crippen LogP contribution is 2.13. The second kappa shape index (κ2) is 5.50. The number of benzene rings is 1. The topological polar surface area (TPSA) is 35.5 Å². The Balaban J connectivity index is 2.62. The zero-order valence-corrected chi connectivity index (χ0v) is 8.53. The molecule has 0 N–H and O–H groups in total. The van der Waals surface area contributed by atoms with Crippen LogP contribution in [-0.4, -0.2) is 12.1 Å². The SMILES string of the molecule is CCC(Oc1ccccc1)C(=O)OCl. The van der Waals surface area contributed by atoms with Gasteiger partial charge in [0.1, 0.15) is 17.6 Å². The first-order chi connectivity index (χ1) is 6.77. The molecule has 0 spiro atoms. The molecule has 1 unspecified atom stereocenters. The summed E-state index contributed by atoms with van der Waals surface area (Å²) in [7, 11) is 0. The second-order valence-corrected chi connectivity index (χ2v) is 2.88. The van der Waals surface area contributed by atoms with Crippen LogP contribution in [0.25, 0.3) is 0 Å². The maximum absolute atomic E-state index is 11.1. The molecule has 0 aliphatic heterocycles. The Labute approximate surface area is 87.8 Å². The molecule has 0 amide bonds. The Morgan fingerprint density at radius 1 is 1.43 bits per heavy atom. The lowest BCUT2D eigenvalue weighted by Crippen LogP contribution is -2.26. The monoisotopic (exact) mass is 214 g/mol. The van der Waals surface area contributed by atoms with Crippen molar-refractivity contribution in [3.63, 3.8) is 0 Å². The molecule has 3 nitrogen and oxygen atoms in total. The molecule has 4 heteroatoms. The fourth-order valence-corrected chi connectivity index (χ4v) is 1.11. The Hall–Kier alpha value is -1.22. The van der Waals surface area contributed by atoms with Crippen LogP contribution in [0.1, 0.15) is 13.3 Å². The lowest BCUT2D eigenvalue weighted by atomic mass is 10.3. The van der Waals surface area contributed by atoms with Crippen molar-refractivity contribution < 1.29 is 13.8 Å². The third kappa shape index (κ3) is 2.92. The van der Waals surface area contributed by atoms with Gasteiger partial charge in [-0.05, 0) is 18.6 Å². The van der Waals surface area contributed by atoms with Crippen LogP contribution in [0.3, 0.4) is 0 Å². The molecular weight excluding hydrogens is 204 g/mol. The number of hydrogen-bond acceptors (Lipinski definition) is 3. The molecule has 1 rings (SSSR count). The molecule has 0 saturated heterocycles. The maximum Gasteiger partial charge on any atom is 0.365 e. The van der Waals surface area contributed by atoms with Gasteiger partial charge in [-0.2, -0.15) is 0 Å². The average molecular weight is 215 g/mol. The molecule has 14 heavy (non-hydrogen) atoms. The normalized spacial score (nSPS) is 11.9. The zero-order valence-electron chi connectivity index (χ0n) is 7.77. The van der Waals surface area contributed by atoms with Gasteiger partial charge < -0.3 is 9.03 Å². The van der Waals surface area contributed by atoms with Crippen molar-refractivity contribution >= 4 is 17.8 Å². The first kappa shape index (κ1) is 10.9. The molecule has 1 aromatic rings. The number of carbonyl (C=O) groups excluding carboxylic acids is 1. The second-order valence-electron chi connectivity index (χ2n) is 2.72. The Bertz CT molecular complexity index is 287. The van der Waals surface area contributed by atoms with Crippen molar-refractivity contribution in [3.8, 4) is 5.75 Å². The minimum Gasteiger partial charge on any atom is -0.479 e. The van der Waals surface area contributed by atoms with Crippen LogP contribution in [0.4, 0.5) is 0 Å². The van der Waals surface area contributed by atoms with Gasteiger partial charge >= 0.3 is 5.97 Å². The number of para-hydroxylation sites is 1. The van der Waals surface area contributed by atoms with Crippen LogP contribution < -0.4 is 4.74 Å². The Morgan fingerprint density at radius 2 is 2.07 bits per heavy atom. The minimum atomic E-state index is -0.644. The summed E-state index contributed by atoms with van der Waals surface area (Å²) in [6.07, 6.45) is -0.129. The predicted octanol–water partition coefficient (Wildman–Crippen LogP) is 2.54. The van der Waals surface area contributed by atoms with Gasteiger partial charge in [-0.25, -0.2) is 4.79 Å². The molecule has 0 aromatic heterocycles. The molecule has 1 aromatic carbocycles. The largest absolute Gasteiger partial charge is 0.479 e. The predicted molar refractivity (Wildman–Crippen MR) is 53.1 cm³/mol. The minimum absolute atomic E-state index is 0.514. The molecule has 0 saturated carbocycles. The van der Waals surface area contributed by atoms with Gasteiger partial charge in [-0.3, -0.25) is 0 Å². The first-order valence-electron chi connectivity index (χ1n) is 4.32. The van der Waals surface area contributed by atoms with E-state index in [9.17, 15) is 4.79 Å². The molecule has 0 heterocycles. The molecular formula is C10H11ClO3. The summed E-state index contributed by atoms with van der Waals surface area (Å²) < 4.78 is 9.44. The van der Waals surface area contributed by atoms with E-state index < -0.39 is 12.1 Å². The van der Waals surface area contributed by atoms with Crippen LogP contribution in [-0.2, 0) is 9.08 Å². The fourth-order valence-electron chi connectivity index (χ4n) is 1.01. The van der Waals surface area contributed by atoms with Crippen LogP contribution >= 0.6 is 11.9 Å². The standard InChI is InChI=1S/C10H11ClO3/c1-2-9(10(12)14-11)13-8-6-4-3-5-7-8/h3-7,9H,2H2,1H3. The molecule has 0 bridgehead atoms. The fraction of sp³-hybridized carbons (Fsp3) is 0.300. The number of ether oxygens (including phenoxy) is 1. The van der Waals surface area contributed by atoms with Crippen molar-refractivity contribution in [1.82, 2.24) is 0 Å². The van der Waals surface area contributed by atoms with Gasteiger partial charge in [0, 0.05) is 0 Å².